The molecule has 0 radical (unpaired) electrons. The van der Waals surface area contributed by atoms with Crippen LogP contribution in [0.5, 0.6) is 5.75 Å². The molecule has 0 saturated heterocycles. The second kappa shape index (κ2) is 11.2. The Labute approximate surface area is 230 Å². The molecule has 0 bridgehead atoms. The van der Waals surface area contributed by atoms with E-state index in [2.05, 4.69) is 10.3 Å². The molecule has 5 rings (SSSR count). The number of ether oxygens (including phenoxy) is 1. The molecule has 1 saturated carbocycles. The van der Waals surface area contributed by atoms with Crippen molar-refractivity contribution in [2.24, 2.45) is 10.7 Å². The summed E-state index contributed by atoms with van der Waals surface area (Å²) in [6.07, 6.45) is 4.00. The van der Waals surface area contributed by atoms with Crippen LogP contribution in [-0.4, -0.2) is 40.8 Å². The van der Waals surface area contributed by atoms with E-state index in [0.717, 1.165) is 31.1 Å². The highest BCUT2D eigenvalue weighted by Gasteiger charge is 2.29. The monoisotopic (exact) mass is 546 g/mol. The third-order valence-corrected chi connectivity index (χ3v) is 7.29. The molecule has 10 heteroatoms. The summed E-state index contributed by atoms with van der Waals surface area (Å²) in [6.45, 7) is 0. The number of carbonyl (C=O) groups excluding carboxylic acids is 1. The summed E-state index contributed by atoms with van der Waals surface area (Å²) in [5, 5.41) is 10.9. The minimum absolute atomic E-state index is 0.0685. The number of hydrogen-bond acceptors (Lipinski definition) is 4. The van der Waals surface area contributed by atoms with Crippen LogP contribution in [0.1, 0.15) is 47.6 Å². The normalized spacial score (nSPS) is 17.7. The van der Waals surface area contributed by atoms with Crippen molar-refractivity contribution in [3.05, 3.63) is 82.6 Å². The molecule has 1 aliphatic rings. The van der Waals surface area contributed by atoms with Gasteiger partial charge in [0.05, 0.1) is 29.3 Å². The lowest BCUT2D eigenvalue weighted by atomic mass is 9.90. The van der Waals surface area contributed by atoms with E-state index in [9.17, 15) is 4.79 Å². The number of hydrogen-bond donors (Lipinski definition) is 3. The number of carbonyl (C=O) groups is 1. The zero-order valence-corrected chi connectivity index (χ0v) is 22.1. The molecule has 1 fully saturated rings. The number of aliphatic imine (C=N–C) groups is 1. The standard InChI is InChI=1S/C29H28ClFN6O2/c1-39-26-12-10-18(30)14-22(26)29(38)35-19-5-4-6-20(15-19)37-25-13-17(27(33)34-16-32)9-11-24(25)36-28(37)21-7-2-3-8-23(21)31/h2-3,7-14,16,19-20H,4-6,15H2,1H3,(H,35,38)(H3,32,33,34). The van der Waals surface area contributed by atoms with Crippen LogP contribution in [0.3, 0.4) is 0 Å². The van der Waals surface area contributed by atoms with Crippen molar-refractivity contribution in [1.29, 1.82) is 5.41 Å². The zero-order chi connectivity index (χ0) is 27.5. The number of amides is 1. The Hall–Kier alpha value is -4.24. The van der Waals surface area contributed by atoms with Gasteiger partial charge in [-0.15, -0.1) is 0 Å². The molecule has 4 aromatic rings. The minimum atomic E-state index is -0.368. The predicted molar refractivity (Wildman–Crippen MR) is 151 cm³/mol. The van der Waals surface area contributed by atoms with Gasteiger partial charge >= 0.3 is 0 Å². The van der Waals surface area contributed by atoms with Crippen molar-refractivity contribution >= 4 is 40.7 Å². The Morgan fingerprint density at radius 3 is 2.82 bits per heavy atom. The van der Waals surface area contributed by atoms with Gasteiger partial charge in [0.15, 0.2) is 0 Å². The van der Waals surface area contributed by atoms with Gasteiger partial charge in [0.25, 0.3) is 5.91 Å². The Bertz CT molecular complexity index is 1580. The molecular weight excluding hydrogens is 519 g/mol. The van der Waals surface area contributed by atoms with E-state index in [1.165, 1.54) is 13.2 Å². The van der Waals surface area contributed by atoms with Gasteiger partial charge in [0.1, 0.15) is 29.6 Å². The van der Waals surface area contributed by atoms with E-state index >= 15 is 4.39 Å². The molecule has 1 aromatic heterocycles. The maximum absolute atomic E-state index is 15.0. The highest BCUT2D eigenvalue weighted by Crippen LogP contribution is 2.37. The van der Waals surface area contributed by atoms with E-state index in [4.69, 9.17) is 32.5 Å². The van der Waals surface area contributed by atoms with Crippen molar-refractivity contribution in [2.75, 3.05) is 7.11 Å². The average molecular weight is 547 g/mol. The van der Waals surface area contributed by atoms with Gasteiger partial charge in [0, 0.05) is 22.7 Å². The molecule has 2 atom stereocenters. The molecule has 0 spiro atoms. The summed E-state index contributed by atoms with van der Waals surface area (Å²) in [5.74, 6) is 0.534. The van der Waals surface area contributed by atoms with Crippen LogP contribution in [0.2, 0.25) is 5.02 Å². The lowest BCUT2D eigenvalue weighted by molar-refractivity contribution is 0.0918. The van der Waals surface area contributed by atoms with Crippen molar-refractivity contribution in [1.82, 2.24) is 14.9 Å². The first-order valence-electron chi connectivity index (χ1n) is 12.6. The molecule has 8 nitrogen and oxygen atoms in total. The molecule has 1 amide bonds. The minimum Gasteiger partial charge on any atom is -0.496 e. The highest BCUT2D eigenvalue weighted by molar-refractivity contribution is 6.31. The number of methoxy groups -OCH3 is 1. The SMILES string of the molecule is COc1ccc(Cl)cc1C(=O)NC1CCCC(n2c(-c3ccccc3F)nc3ccc(C(N)=NC=N)cc32)C1. The molecule has 4 N–H and O–H groups in total. The number of amidine groups is 1. The fourth-order valence-electron chi connectivity index (χ4n) is 5.25. The Balaban J connectivity index is 1.53. The van der Waals surface area contributed by atoms with Crippen LogP contribution in [0, 0.1) is 11.2 Å². The van der Waals surface area contributed by atoms with Crippen molar-refractivity contribution in [3.8, 4) is 17.1 Å². The lowest BCUT2D eigenvalue weighted by Gasteiger charge is -2.32. The second-order valence-electron chi connectivity index (χ2n) is 9.47. The number of benzene rings is 3. The van der Waals surface area contributed by atoms with Crippen LogP contribution >= 0.6 is 11.6 Å². The van der Waals surface area contributed by atoms with Crippen molar-refractivity contribution in [2.45, 2.75) is 37.8 Å². The van der Waals surface area contributed by atoms with Gasteiger partial charge in [-0.3, -0.25) is 10.2 Å². The first-order chi connectivity index (χ1) is 18.9. The third kappa shape index (κ3) is 5.35. The number of rotatable bonds is 7. The summed E-state index contributed by atoms with van der Waals surface area (Å²) in [4.78, 5) is 21.9. The summed E-state index contributed by atoms with van der Waals surface area (Å²) < 4.78 is 22.4. The van der Waals surface area contributed by atoms with Gasteiger partial charge in [-0.2, -0.15) is 0 Å². The van der Waals surface area contributed by atoms with E-state index < -0.39 is 0 Å². The number of nitrogens with one attached hydrogen (secondary N) is 2. The summed E-state index contributed by atoms with van der Waals surface area (Å²) >= 11 is 6.14. The smallest absolute Gasteiger partial charge is 0.255 e. The first-order valence-corrected chi connectivity index (χ1v) is 13.0. The maximum Gasteiger partial charge on any atom is 0.255 e. The van der Waals surface area contributed by atoms with E-state index in [0.29, 0.717) is 45.2 Å². The predicted octanol–water partition coefficient (Wildman–Crippen LogP) is 5.73. The fourth-order valence-corrected chi connectivity index (χ4v) is 5.42. The average Bonchev–Trinajstić information content (AvgIpc) is 3.32. The molecule has 200 valence electrons. The molecule has 39 heavy (non-hydrogen) atoms. The van der Waals surface area contributed by atoms with E-state index in [-0.39, 0.29) is 29.6 Å². The van der Waals surface area contributed by atoms with Gasteiger partial charge in [-0.1, -0.05) is 23.7 Å². The fraction of sp³-hybridized carbons (Fsp3) is 0.241. The number of nitrogens with two attached hydrogens (primary N) is 1. The van der Waals surface area contributed by atoms with E-state index in [1.54, 1.807) is 42.5 Å². The number of nitrogens with zero attached hydrogens (tertiary/aromatic N) is 3. The molecule has 1 aliphatic carbocycles. The second-order valence-corrected chi connectivity index (χ2v) is 9.90. The topological polar surface area (TPSA) is 118 Å². The third-order valence-electron chi connectivity index (χ3n) is 7.06. The lowest BCUT2D eigenvalue weighted by Crippen LogP contribution is -2.39. The largest absolute Gasteiger partial charge is 0.496 e. The van der Waals surface area contributed by atoms with E-state index in [1.807, 2.05) is 16.7 Å². The van der Waals surface area contributed by atoms with Gasteiger partial charge in [-0.05, 0) is 74.2 Å². The maximum atomic E-state index is 15.0. The molecule has 0 aliphatic heterocycles. The quantitative estimate of drug-likeness (QED) is 0.202. The zero-order valence-electron chi connectivity index (χ0n) is 21.3. The molecular formula is C29H28ClFN6O2. The van der Waals surface area contributed by atoms with Crippen LogP contribution in [0.25, 0.3) is 22.4 Å². The first kappa shape index (κ1) is 26.4. The molecule has 3 aromatic carbocycles. The Morgan fingerprint density at radius 2 is 2.05 bits per heavy atom. The van der Waals surface area contributed by atoms with Gasteiger partial charge < -0.3 is 20.4 Å². The summed E-state index contributed by atoms with van der Waals surface area (Å²) in [6, 6.07) is 16.8. The highest BCUT2D eigenvalue weighted by atomic mass is 35.5. The number of halogens is 2. The number of aromatic nitrogens is 2. The van der Waals surface area contributed by atoms with Crippen LogP contribution in [0.15, 0.2) is 65.7 Å². The summed E-state index contributed by atoms with van der Waals surface area (Å²) in [7, 11) is 1.51. The Morgan fingerprint density at radius 1 is 1.23 bits per heavy atom. The van der Waals surface area contributed by atoms with Crippen molar-refractivity contribution < 1.29 is 13.9 Å². The Kier molecular flexibility index (Phi) is 7.60. The number of fused-ring (bicyclic) bond motifs is 1. The van der Waals surface area contributed by atoms with Gasteiger partial charge in [-0.25, -0.2) is 14.4 Å². The molecule has 1 heterocycles. The molecule has 2 unspecified atom stereocenters. The van der Waals surface area contributed by atoms with Crippen LogP contribution < -0.4 is 15.8 Å². The van der Waals surface area contributed by atoms with Crippen molar-refractivity contribution in [3.63, 3.8) is 0 Å². The van der Waals surface area contributed by atoms with Gasteiger partial charge in [0.2, 0.25) is 0 Å². The summed E-state index contributed by atoms with van der Waals surface area (Å²) in [5.41, 5.74) is 8.95. The van der Waals surface area contributed by atoms with Crippen LogP contribution in [0.4, 0.5) is 4.39 Å². The van der Waals surface area contributed by atoms with Crippen LogP contribution in [-0.2, 0) is 0 Å². The number of imidazole rings is 1.